The molecule has 4 N–H and O–H groups in total. The van der Waals surface area contributed by atoms with E-state index in [1.807, 2.05) is 114 Å². The highest BCUT2D eigenvalue weighted by atomic mass is 16.5. The van der Waals surface area contributed by atoms with Crippen molar-refractivity contribution in [3.05, 3.63) is 70.8 Å². The minimum Gasteiger partial charge on any atom is -0.461 e. The molecule has 3 heterocycles. The van der Waals surface area contributed by atoms with Crippen LogP contribution in [-0.4, -0.2) is 94.1 Å². The van der Waals surface area contributed by atoms with Gasteiger partial charge in [-0.25, -0.2) is 9.59 Å². The fourth-order valence-corrected chi connectivity index (χ4v) is 7.83. The monoisotopic (exact) mass is 718 g/mol. The van der Waals surface area contributed by atoms with Crippen molar-refractivity contribution >= 4 is 23.8 Å². The molecule has 2 aromatic carbocycles. The summed E-state index contributed by atoms with van der Waals surface area (Å²) in [5, 5.41) is 0. The van der Waals surface area contributed by atoms with Gasteiger partial charge in [-0.2, -0.15) is 0 Å². The first kappa shape index (κ1) is 39.4. The lowest BCUT2D eigenvalue weighted by Crippen LogP contribution is -2.76. The second-order valence-corrected chi connectivity index (χ2v) is 15.9. The van der Waals surface area contributed by atoms with E-state index in [1.54, 1.807) is 0 Å². The summed E-state index contributed by atoms with van der Waals surface area (Å²) in [6.07, 6.45) is 0.801. The van der Waals surface area contributed by atoms with Crippen molar-refractivity contribution in [1.29, 1.82) is 0 Å². The molecule has 0 bridgehead atoms. The number of nitrogens with two attached hydrogens (primary N) is 2. The number of piperazine rings is 1. The molecular weight excluding hydrogens is 660 g/mol. The van der Waals surface area contributed by atoms with Gasteiger partial charge >= 0.3 is 11.9 Å². The van der Waals surface area contributed by atoms with Gasteiger partial charge in [0.1, 0.15) is 12.1 Å². The van der Waals surface area contributed by atoms with Gasteiger partial charge in [0.2, 0.25) is 11.8 Å². The fourth-order valence-electron chi connectivity index (χ4n) is 7.83. The first-order valence-corrected chi connectivity index (χ1v) is 18.7. The van der Waals surface area contributed by atoms with Gasteiger partial charge in [0, 0.05) is 39.3 Å². The van der Waals surface area contributed by atoms with E-state index in [-0.39, 0.29) is 36.4 Å². The Bertz CT molecular complexity index is 1520. The number of likely N-dealkylation sites (tertiary alicyclic amines) is 2. The molecule has 3 saturated heterocycles. The summed E-state index contributed by atoms with van der Waals surface area (Å²) in [4.78, 5) is 60.7. The van der Waals surface area contributed by atoms with Crippen molar-refractivity contribution in [2.24, 2.45) is 22.3 Å². The first-order valence-electron chi connectivity index (χ1n) is 18.7. The molecule has 2 aromatic rings. The molecule has 0 saturated carbocycles. The Balaban J connectivity index is 1.23. The zero-order valence-electron chi connectivity index (χ0n) is 32.1. The molecule has 6 atom stereocenters. The van der Waals surface area contributed by atoms with Crippen molar-refractivity contribution in [1.82, 2.24) is 19.6 Å². The maximum Gasteiger partial charge on any atom is 0.327 e. The summed E-state index contributed by atoms with van der Waals surface area (Å²) in [6.45, 7) is 19.3. The van der Waals surface area contributed by atoms with Gasteiger partial charge < -0.3 is 30.7 Å². The molecule has 0 aromatic heterocycles. The average Bonchev–Trinajstić information content (AvgIpc) is 3.13. The van der Waals surface area contributed by atoms with Crippen molar-refractivity contribution in [2.45, 2.75) is 118 Å². The number of amides is 2. The van der Waals surface area contributed by atoms with Crippen LogP contribution in [0.4, 0.5) is 0 Å². The number of benzene rings is 2. The van der Waals surface area contributed by atoms with Crippen LogP contribution in [0.5, 0.6) is 0 Å². The lowest BCUT2D eigenvalue weighted by Gasteiger charge is -2.61. The number of hydrogen-bond donors (Lipinski definition) is 2. The van der Waals surface area contributed by atoms with Crippen LogP contribution in [0.2, 0.25) is 0 Å². The highest BCUT2D eigenvalue weighted by Gasteiger charge is 2.59. The van der Waals surface area contributed by atoms with Crippen LogP contribution in [0.25, 0.3) is 0 Å². The van der Waals surface area contributed by atoms with Gasteiger partial charge in [-0.05, 0) is 76.6 Å². The molecule has 12 nitrogen and oxygen atoms in total. The topological polar surface area (TPSA) is 152 Å². The SMILES string of the molecule is CCC(C)OC(=O)C(N)c1cccc(CN2C(=O)C(C)(C)C2N2CCN(C3N(Cc4cccc(C(N)C(=O)OC(C)CC)c4)C(=O)C3(C)C)CC2)c1. The van der Waals surface area contributed by atoms with E-state index in [0.717, 1.165) is 37.3 Å². The fraction of sp³-hybridized carbons (Fsp3) is 0.600. The van der Waals surface area contributed by atoms with Crippen LogP contribution in [0.15, 0.2) is 48.5 Å². The molecule has 12 heteroatoms. The molecule has 0 spiro atoms. The second kappa shape index (κ2) is 15.6. The van der Waals surface area contributed by atoms with Crippen molar-refractivity contribution in [3.8, 4) is 0 Å². The smallest absolute Gasteiger partial charge is 0.327 e. The Labute approximate surface area is 308 Å². The number of ether oxygens (including phenoxy) is 2. The minimum absolute atomic E-state index is 0.0813. The van der Waals surface area contributed by atoms with Gasteiger partial charge in [-0.15, -0.1) is 0 Å². The molecule has 2 amide bonds. The van der Waals surface area contributed by atoms with E-state index in [1.165, 1.54) is 0 Å². The standard InChI is InChI=1S/C40H58N6O6/c1-9-25(3)51-33(47)31(41)29-15-11-13-27(21-29)23-45-35(39(5,6)37(45)49)43-17-19-44(20-18-43)36-40(7,8)38(50)46(36)24-28-14-12-16-30(22-28)32(42)34(48)52-26(4)10-2/h11-16,21-22,25-26,31-32,35-36H,9-10,17-20,23-24,41-42H2,1-8H3. The molecule has 3 fully saturated rings. The van der Waals surface area contributed by atoms with E-state index in [9.17, 15) is 19.2 Å². The Kier molecular flexibility index (Phi) is 11.8. The number of hydrogen-bond acceptors (Lipinski definition) is 10. The van der Waals surface area contributed by atoms with Crippen molar-refractivity contribution in [3.63, 3.8) is 0 Å². The molecule has 3 aliphatic heterocycles. The van der Waals surface area contributed by atoms with Gasteiger partial charge in [-0.1, -0.05) is 62.4 Å². The van der Waals surface area contributed by atoms with Crippen molar-refractivity contribution in [2.75, 3.05) is 26.2 Å². The van der Waals surface area contributed by atoms with Crippen LogP contribution >= 0.6 is 0 Å². The number of nitrogens with zero attached hydrogens (tertiary/aromatic N) is 4. The van der Waals surface area contributed by atoms with Crippen LogP contribution in [0.3, 0.4) is 0 Å². The Morgan fingerprint density at radius 3 is 1.37 bits per heavy atom. The zero-order chi connectivity index (χ0) is 38.1. The maximum absolute atomic E-state index is 13.5. The van der Waals surface area contributed by atoms with Crippen LogP contribution in [0.1, 0.15) is 103 Å². The van der Waals surface area contributed by atoms with Gasteiger partial charge in [-0.3, -0.25) is 19.4 Å². The number of carbonyl (C=O) groups excluding carboxylic acids is 4. The summed E-state index contributed by atoms with van der Waals surface area (Å²) < 4.78 is 10.9. The number of carbonyl (C=O) groups is 4. The molecular formula is C40H58N6O6. The normalized spacial score (nSPS) is 24.0. The lowest BCUT2D eigenvalue weighted by molar-refractivity contribution is -0.203. The van der Waals surface area contributed by atoms with E-state index in [2.05, 4.69) is 9.80 Å². The summed E-state index contributed by atoms with van der Waals surface area (Å²) in [6, 6.07) is 13.3. The lowest BCUT2D eigenvalue weighted by atomic mass is 9.76. The molecule has 6 unspecified atom stereocenters. The zero-order valence-corrected chi connectivity index (χ0v) is 32.1. The van der Waals surface area contributed by atoms with Gasteiger partial charge in [0.25, 0.3) is 0 Å². The van der Waals surface area contributed by atoms with E-state index in [4.69, 9.17) is 20.9 Å². The van der Waals surface area contributed by atoms with Gasteiger partial charge in [0.15, 0.2) is 0 Å². The predicted octanol–water partition coefficient (Wildman–Crippen LogP) is 4.08. The summed E-state index contributed by atoms with van der Waals surface area (Å²) in [5.41, 5.74) is 14.5. The van der Waals surface area contributed by atoms with E-state index in [0.29, 0.717) is 37.1 Å². The largest absolute Gasteiger partial charge is 0.461 e. The number of rotatable bonds is 14. The molecule has 5 rings (SSSR count). The number of esters is 2. The van der Waals surface area contributed by atoms with E-state index < -0.39 is 34.9 Å². The first-order chi connectivity index (χ1) is 24.5. The predicted molar refractivity (Wildman–Crippen MR) is 198 cm³/mol. The molecule has 0 radical (unpaired) electrons. The van der Waals surface area contributed by atoms with Crippen LogP contribution < -0.4 is 11.5 Å². The maximum atomic E-state index is 13.5. The van der Waals surface area contributed by atoms with Crippen LogP contribution in [0, 0.1) is 10.8 Å². The Morgan fingerprint density at radius 1 is 0.692 bits per heavy atom. The summed E-state index contributed by atoms with van der Waals surface area (Å²) in [5.74, 6) is -0.763. The highest BCUT2D eigenvalue weighted by molar-refractivity contribution is 5.90. The highest BCUT2D eigenvalue weighted by Crippen LogP contribution is 2.45. The molecule has 52 heavy (non-hydrogen) atoms. The molecule has 284 valence electrons. The Morgan fingerprint density at radius 2 is 1.04 bits per heavy atom. The minimum atomic E-state index is -0.900. The molecule has 0 aliphatic carbocycles. The van der Waals surface area contributed by atoms with E-state index >= 15 is 0 Å². The third-order valence-electron chi connectivity index (χ3n) is 11.2. The van der Waals surface area contributed by atoms with Gasteiger partial charge in [0.05, 0.1) is 35.4 Å². The Hall–Kier alpha value is -3.84. The average molecular weight is 719 g/mol. The summed E-state index contributed by atoms with van der Waals surface area (Å²) in [7, 11) is 0. The third-order valence-corrected chi connectivity index (χ3v) is 11.2. The van der Waals surface area contributed by atoms with Crippen LogP contribution in [-0.2, 0) is 41.7 Å². The molecule has 3 aliphatic rings. The summed E-state index contributed by atoms with van der Waals surface area (Å²) >= 11 is 0. The number of β-lactam (4-membered cyclic amide) rings is 2. The van der Waals surface area contributed by atoms with Crippen molar-refractivity contribution < 1.29 is 28.7 Å². The second-order valence-electron chi connectivity index (χ2n) is 15.9. The quantitative estimate of drug-likeness (QED) is 0.216. The third kappa shape index (κ3) is 7.76.